The molecule has 0 aliphatic carbocycles. The lowest BCUT2D eigenvalue weighted by Crippen LogP contribution is -2.31. The summed E-state index contributed by atoms with van der Waals surface area (Å²) in [5, 5.41) is 2.96. The number of nitrogens with one attached hydrogen (secondary N) is 1. The van der Waals surface area contributed by atoms with Crippen LogP contribution < -0.4 is 11.1 Å². The van der Waals surface area contributed by atoms with Crippen molar-refractivity contribution in [1.29, 1.82) is 0 Å². The summed E-state index contributed by atoms with van der Waals surface area (Å²) in [6, 6.07) is 8.16. The Morgan fingerprint density at radius 1 is 1.30 bits per heavy atom. The van der Waals surface area contributed by atoms with E-state index >= 15 is 0 Å². The Morgan fingerprint density at radius 3 is 2.55 bits per heavy atom. The van der Waals surface area contributed by atoms with Gasteiger partial charge in [-0.3, -0.25) is 4.79 Å². The van der Waals surface area contributed by atoms with E-state index < -0.39 is 0 Å². The van der Waals surface area contributed by atoms with E-state index in [1.807, 2.05) is 26.2 Å². The first-order valence-electron chi connectivity index (χ1n) is 7.26. The molecule has 0 aliphatic heterocycles. The average Bonchev–Trinajstić information content (AvgIpc) is 2.37. The largest absolute Gasteiger partial charge is 0.352 e. The van der Waals surface area contributed by atoms with Crippen molar-refractivity contribution in [3.05, 3.63) is 35.4 Å². The fraction of sp³-hybridized carbons (Fsp3) is 0.562. The van der Waals surface area contributed by atoms with Gasteiger partial charge in [0.25, 0.3) is 0 Å². The van der Waals surface area contributed by atoms with Gasteiger partial charge in [-0.05, 0) is 31.6 Å². The number of rotatable bonds is 8. The molecule has 0 aromatic heterocycles. The molecule has 0 radical (unpaired) electrons. The fourth-order valence-corrected chi connectivity index (χ4v) is 2.20. The molecule has 0 saturated heterocycles. The molecule has 1 aromatic rings. The van der Waals surface area contributed by atoms with E-state index in [-0.39, 0.29) is 11.9 Å². The van der Waals surface area contributed by atoms with E-state index in [0.29, 0.717) is 13.0 Å². The number of hydrogen-bond acceptors (Lipinski definition) is 3. The maximum atomic E-state index is 11.8. The number of hydrogen-bond donors (Lipinski definition) is 2. The second-order valence-electron chi connectivity index (χ2n) is 5.54. The van der Waals surface area contributed by atoms with Gasteiger partial charge in [0.15, 0.2) is 0 Å². The summed E-state index contributed by atoms with van der Waals surface area (Å²) in [7, 11) is 4.08. The predicted molar refractivity (Wildman–Crippen MR) is 83.2 cm³/mol. The van der Waals surface area contributed by atoms with E-state index in [9.17, 15) is 4.79 Å². The molecule has 0 spiro atoms. The van der Waals surface area contributed by atoms with Crippen molar-refractivity contribution in [3.63, 3.8) is 0 Å². The van der Waals surface area contributed by atoms with Crippen molar-refractivity contribution in [2.45, 2.75) is 45.3 Å². The third-order valence-corrected chi connectivity index (χ3v) is 3.19. The first kappa shape index (κ1) is 16.7. The van der Waals surface area contributed by atoms with E-state index in [4.69, 9.17) is 5.73 Å². The van der Waals surface area contributed by atoms with E-state index in [0.717, 1.165) is 19.4 Å². The number of carbonyl (C=O) groups is 1. The topological polar surface area (TPSA) is 58.4 Å². The lowest BCUT2D eigenvalue weighted by Gasteiger charge is -2.15. The summed E-state index contributed by atoms with van der Waals surface area (Å²) >= 11 is 0. The maximum absolute atomic E-state index is 11.8. The Kier molecular flexibility index (Phi) is 7.26. The number of nitrogens with two attached hydrogens (primary N) is 1. The van der Waals surface area contributed by atoms with Gasteiger partial charge in [-0.25, -0.2) is 0 Å². The molecule has 0 aliphatic rings. The normalized spacial score (nSPS) is 12.4. The predicted octanol–water partition coefficient (Wildman–Crippen LogP) is 1.88. The van der Waals surface area contributed by atoms with Crippen LogP contribution in [-0.4, -0.2) is 30.9 Å². The molecule has 4 nitrogen and oxygen atoms in total. The van der Waals surface area contributed by atoms with Gasteiger partial charge in [0.05, 0.1) is 0 Å². The zero-order chi connectivity index (χ0) is 15.0. The molecule has 0 heterocycles. The number of nitrogens with zero attached hydrogens (tertiary/aromatic N) is 1. The highest BCUT2D eigenvalue weighted by atomic mass is 16.1. The first-order valence-corrected chi connectivity index (χ1v) is 7.26. The smallest absolute Gasteiger partial charge is 0.221 e. The molecule has 0 fully saturated rings. The van der Waals surface area contributed by atoms with Crippen LogP contribution in [0, 0.1) is 0 Å². The van der Waals surface area contributed by atoms with Crippen molar-refractivity contribution < 1.29 is 4.79 Å². The quantitative estimate of drug-likeness (QED) is 0.763. The number of benzene rings is 1. The van der Waals surface area contributed by atoms with Gasteiger partial charge in [0.1, 0.15) is 0 Å². The molecule has 0 bridgehead atoms. The molecular formula is C16H27N3O. The molecule has 1 aromatic carbocycles. The standard InChI is InChI=1S/C16H27N3O/c1-4-7-15(17)10-16(20)18-11-13-8-5-6-9-14(13)12-19(2)3/h5-6,8-9,15H,4,7,10-12,17H2,1-3H3,(H,18,20). The van der Waals surface area contributed by atoms with Crippen LogP contribution in [0.25, 0.3) is 0 Å². The van der Waals surface area contributed by atoms with Crippen LogP contribution in [0.1, 0.15) is 37.3 Å². The van der Waals surface area contributed by atoms with Crippen molar-refractivity contribution in [2.75, 3.05) is 14.1 Å². The molecule has 112 valence electrons. The Bertz CT molecular complexity index is 418. The van der Waals surface area contributed by atoms with Gasteiger partial charge in [0, 0.05) is 25.6 Å². The van der Waals surface area contributed by atoms with Gasteiger partial charge in [-0.2, -0.15) is 0 Å². The lowest BCUT2D eigenvalue weighted by atomic mass is 10.1. The highest BCUT2D eigenvalue weighted by Crippen LogP contribution is 2.10. The van der Waals surface area contributed by atoms with Gasteiger partial charge >= 0.3 is 0 Å². The number of carbonyl (C=O) groups excluding carboxylic acids is 1. The zero-order valence-electron chi connectivity index (χ0n) is 12.9. The van der Waals surface area contributed by atoms with Crippen molar-refractivity contribution in [3.8, 4) is 0 Å². The molecule has 1 atom stereocenters. The summed E-state index contributed by atoms with van der Waals surface area (Å²) in [5.74, 6) is 0.0330. The Balaban J connectivity index is 2.50. The van der Waals surface area contributed by atoms with Crippen LogP contribution in [0.2, 0.25) is 0 Å². The Morgan fingerprint density at radius 2 is 1.95 bits per heavy atom. The molecule has 0 saturated carbocycles. The highest BCUT2D eigenvalue weighted by molar-refractivity contribution is 5.76. The third kappa shape index (κ3) is 6.17. The average molecular weight is 277 g/mol. The lowest BCUT2D eigenvalue weighted by molar-refractivity contribution is -0.121. The van der Waals surface area contributed by atoms with Crippen LogP contribution in [0.4, 0.5) is 0 Å². The maximum Gasteiger partial charge on any atom is 0.221 e. The van der Waals surface area contributed by atoms with E-state index in [1.54, 1.807) is 0 Å². The van der Waals surface area contributed by atoms with Crippen LogP contribution >= 0.6 is 0 Å². The van der Waals surface area contributed by atoms with Crippen LogP contribution in [0.3, 0.4) is 0 Å². The second kappa shape index (κ2) is 8.72. The summed E-state index contributed by atoms with van der Waals surface area (Å²) in [6.07, 6.45) is 2.31. The van der Waals surface area contributed by atoms with E-state index in [1.165, 1.54) is 11.1 Å². The molecule has 3 N–H and O–H groups in total. The minimum Gasteiger partial charge on any atom is -0.352 e. The molecule has 20 heavy (non-hydrogen) atoms. The van der Waals surface area contributed by atoms with Crippen LogP contribution in [0.15, 0.2) is 24.3 Å². The minimum atomic E-state index is -0.0305. The van der Waals surface area contributed by atoms with Gasteiger partial charge in [0.2, 0.25) is 5.91 Å². The zero-order valence-corrected chi connectivity index (χ0v) is 12.9. The second-order valence-corrected chi connectivity index (χ2v) is 5.54. The van der Waals surface area contributed by atoms with Gasteiger partial charge in [-0.1, -0.05) is 37.6 Å². The van der Waals surface area contributed by atoms with Gasteiger partial charge in [-0.15, -0.1) is 0 Å². The SMILES string of the molecule is CCCC(N)CC(=O)NCc1ccccc1CN(C)C. The Hall–Kier alpha value is -1.39. The van der Waals surface area contributed by atoms with Crippen LogP contribution in [-0.2, 0) is 17.9 Å². The summed E-state index contributed by atoms with van der Waals surface area (Å²) in [6.45, 7) is 3.53. The summed E-state index contributed by atoms with van der Waals surface area (Å²) in [4.78, 5) is 14.0. The van der Waals surface area contributed by atoms with Crippen molar-refractivity contribution >= 4 is 5.91 Å². The highest BCUT2D eigenvalue weighted by Gasteiger charge is 2.09. The molecule has 4 heteroatoms. The minimum absolute atomic E-state index is 0.0305. The van der Waals surface area contributed by atoms with Crippen LogP contribution in [0.5, 0.6) is 0 Å². The van der Waals surface area contributed by atoms with Crippen molar-refractivity contribution in [1.82, 2.24) is 10.2 Å². The fourth-order valence-electron chi connectivity index (χ4n) is 2.20. The molecule has 1 unspecified atom stereocenters. The molecular weight excluding hydrogens is 250 g/mol. The Labute approximate surface area is 122 Å². The summed E-state index contributed by atoms with van der Waals surface area (Å²) < 4.78 is 0. The van der Waals surface area contributed by atoms with E-state index in [2.05, 4.69) is 29.3 Å². The first-order chi connectivity index (χ1) is 9.52. The third-order valence-electron chi connectivity index (χ3n) is 3.19. The summed E-state index contributed by atoms with van der Waals surface area (Å²) in [5.41, 5.74) is 8.29. The van der Waals surface area contributed by atoms with Crippen molar-refractivity contribution in [2.24, 2.45) is 5.73 Å². The monoisotopic (exact) mass is 277 g/mol. The molecule has 1 rings (SSSR count). The number of amides is 1. The van der Waals surface area contributed by atoms with Gasteiger partial charge < -0.3 is 16.0 Å². The molecule has 1 amide bonds.